The largest absolute Gasteiger partial charge is 0.480 e. The van der Waals surface area contributed by atoms with Gasteiger partial charge in [-0.15, -0.1) is 0 Å². The lowest BCUT2D eigenvalue weighted by atomic mass is 9.99. The third-order valence-electron chi connectivity index (χ3n) is 2.36. The van der Waals surface area contributed by atoms with Crippen LogP contribution in [0, 0.1) is 5.92 Å². The summed E-state index contributed by atoms with van der Waals surface area (Å²) in [5.74, 6) is -1.54. The summed E-state index contributed by atoms with van der Waals surface area (Å²) < 4.78 is 5.07. The smallest absolute Gasteiger partial charge is 0.410 e. The molecule has 0 rings (SSSR count). The fourth-order valence-electron chi connectivity index (χ4n) is 1.35. The normalized spacial score (nSPS) is 15.1. The van der Waals surface area contributed by atoms with Crippen LogP contribution in [0.2, 0.25) is 0 Å². The van der Waals surface area contributed by atoms with Gasteiger partial charge in [0.2, 0.25) is 0 Å². The number of carboxylic acids is 1. The minimum Gasteiger partial charge on any atom is -0.480 e. The molecular weight excluding hydrogens is 238 g/mol. The Kier molecular flexibility index (Phi) is 5.60. The van der Waals surface area contributed by atoms with Gasteiger partial charge in [-0.25, -0.2) is 9.59 Å². The molecule has 0 bridgehead atoms. The molecule has 1 amide bonds. The first kappa shape index (κ1) is 16.7. The number of aliphatic hydroxyl groups excluding tert-OH is 1. The molecule has 0 radical (unpaired) electrons. The number of nitrogens with zero attached hydrogens (tertiary/aromatic N) is 1. The highest BCUT2D eigenvalue weighted by atomic mass is 16.6. The molecule has 0 fully saturated rings. The van der Waals surface area contributed by atoms with Gasteiger partial charge in [0, 0.05) is 7.05 Å². The van der Waals surface area contributed by atoms with Crippen molar-refractivity contribution in [3.05, 3.63) is 0 Å². The van der Waals surface area contributed by atoms with E-state index in [0.717, 1.165) is 4.90 Å². The predicted molar refractivity (Wildman–Crippen MR) is 66.3 cm³/mol. The van der Waals surface area contributed by atoms with E-state index in [9.17, 15) is 14.7 Å². The van der Waals surface area contributed by atoms with Crippen LogP contribution in [0.5, 0.6) is 0 Å². The minimum absolute atomic E-state index is 0.281. The zero-order chi connectivity index (χ0) is 14.7. The highest BCUT2D eigenvalue weighted by molar-refractivity contribution is 5.80. The fourth-order valence-corrected chi connectivity index (χ4v) is 1.35. The second-order valence-electron chi connectivity index (χ2n) is 5.61. The summed E-state index contributed by atoms with van der Waals surface area (Å²) in [6, 6.07) is -1.32. The molecule has 2 atom stereocenters. The average Bonchev–Trinajstić information content (AvgIpc) is 2.13. The molecule has 6 heteroatoms. The van der Waals surface area contributed by atoms with Crippen molar-refractivity contribution in [2.24, 2.45) is 5.92 Å². The molecule has 6 nitrogen and oxygen atoms in total. The van der Waals surface area contributed by atoms with E-state index in [1.54, 1.807) is 34.6 Å². The monoisotopic (exact) mass is 261 g/mol. The Balaban J connectivity index is 4.93. The van der Waals surface area contributed by atoms with Crippen molar-refractivity contribution in [3.63, 3.8) is 0 Å². The van der Waals surface area contributed by atoms with Crippen LogP contribution in [-0.2, 0) is 9.53 Å². The van der Waals surface area contributed by atoms with Crippen molar-refractivity contribution in [3.8, 4) is 0 Å². The molecular formula is C12H23NO5. The van der Waals surface area contributed by atoms with Crippen LogP contribution in [0.1, 0.15) is 34.6 Å². The van der Waals surface area contributed by atoms with Crippen LogP contribution >= 0.6 is 0 Å². The summed E-state index contributed by atoms with van der Waals surface area (Å²) in [5.41, 5.74) is -0.711. The summed E-state index contributed by atoms with van der Waals surface area (Å²) in [5, 5.41) is 18.9. The number of hydrogen-bond acceptors (Lipinski definition) is 4. The Morgan fingerprint density at radius 2 is 1.67 bits per heavy atom. The van der Waals surface area contributed by atoms with Crippen molar-refractivity contribution in [1.82, 2.24) is 4.90 Å². The lowest BCUT2D eigenvalue weighted by Gasteiger charge is -2.32. The molecule has 0 aliphatic rings. The van der Waals surface area contributed by atoms with Crippen molar-refractivity contribution >= 4 is 12.1 Å². The third-order valence-corrected chi connectivity index (χ3v) is 2.36. The maximum absolute atomic E-state index is 11.8. The van der Waals surface area contributed by atoms with Crippen LogP contribution < -0.4 is 0 Å². The topological polar surface area (TPSA) is 87.1 Å². The predicted octanol–water partition coefficient (Wildman–Crippen LogP) is 1.32. The number of carbonyl (C=O) groups is 2. The number of aliphatic hydroxyl groups is 1. The molecule has 0 aromatic carbocycles. The van der Waals surface area contributed by atoms with Crippen molar-refractivity contribution in [1.29, 1.82) is 0 Å². The standard InChI is InChI=1S/C12H23NO5/c1-7(2)9(14)8(10(15)16)13(6)11(17)18-12(3,4)5/h7-9,14H,1-6H3,(H,15,16)/t8-,9+/m0/s1. The number of likely N-dealkylation sites (N-methyl/N-ethyl adjacent to an activating group) is 1. The number of rotatable bonds is 4. The Labute approximate surface area is 108 Å². The first-order valence-corrected chi connectivity index (χ1v) is 5.84. The van der Waals surface area contributed by atoms with E-state index < -0.39 is 29.8 Å². The lowest BCUT2D eigenvalue weighted by Crippen LogP contribution is -2.52. The summed E-state index contributed by atoms with van der Waals surface area (Å²) in [4.78, 5) is 23.8. The first-order chi connectivity index (χ1) is 7.97. The van der Waals surface area contributed by atoms with Gasteiger partial charge in [0.05, 0.1) is 6.10 Å². The van der Waals surface area contributed by atoms with Crippen molar-refractivity contribution in [2.45, 2.75) is 52.4 Å². The van der Waals surface area contributed by atoms with E-state index in [0.29, 0.717) is 0 Å². The maximum Gasteiger partial charge on any atom is 0.410 e. The Morgan fingerprint density at radius 1 is 1.22 bits per heavy atom. The number of carbonyl (C=O) groups excluding carboxylic acids is 1. The molecule has 0 aliphatic heterocycles. The maximum atomic E-state index is 11.8. The van der Waals surface area contributed by atoms with Crippen molar-refractivity contribution in [2.75, 3.05) is 7.05 Å². The molecule has 0 unspecified atom stereocenters. The number of carboxylic acid groups (broad SMARTS) is 1. The molecule has 0 heterocycles. The van der Waals surface area contributed by atoms with Crippen molar-refractivity contribution < 1.29 is 24.5 Å². The lowest BCUT2D eigenvalue weighted by molar-refractivity contribution is -0.148. The van der Waals surface area contributed by atoms with Crippen LogP contribution in [0.25, 0.3) is 0 Å². The van der Waals surface area contributed by atoms with Crippen LogP contribution in [-0.4, -0.2) is 52.0 Å². The minimum atomic E-state index is -1.32. The molecule has 0 aromatic heterocycles. The van der Waals surface area contributed by atoms with Gasteiger partial charge in [0.15, 0.2) is 6.04 Å². The Hall–Kier alpha value is -1.30. The van der Waals surface area contributed by atoms with E-state index in [1.165, 1.54) is 7.05 Å². The first-order valence-electron chi connectivity index (χ1n) is 5.84. The summed E-state index contributed by atoms with van der Waals surface area (Å²) in [7, 11) is 1.30. The van der Waals surface area contributed by atoms with Gasteiger partial charge in [-0.3, -0.25) is 4.90 Å². The molecule has 106 valence electrons. The Morgan fingerprint density at radius 3 is 1.94 bits per heavy atom. The molecule has 0 saturated carbocycles. The van der Waals surface area contributed by atoms with Gasteiger partial charge in [-0.1, -0.05) is 13.8 Å². The van der Waals surface area contributed by atoms with E-state index in [-0.39, 0.29) is 5.92 Å². The summed E-state index contributed by atoms with van der Waals surface area (Å²) in [6.45, 7) is 8.43. The van der Waals surface area contributed by atoms with Gasteiger partial charge in [0.1, 0.15) is 5.60 Å². The molecule has 0 saturated heterocycles. The number of aliphatic carboxylic acids is 1. The number of hydrogen-bond donors (Lipinski definition) is 2. The molecule has 2 N–H and O–H groups in total. The molecule has 0 aliphatic carbocycles. The number of amides is 1. The Bertz CT molecular complexity index is 308. The summed E-state index contributed by atoms with van der Waals surface area (Å²) in [6.07, 6.45) is -1.92. The fraction of sp³-hybridized carbons (Fsp3) is 0.833. The van der Waals surface area contributed by atoms with Crippen LogP contribution in [0.3, 0.4) is 0 Å². The average molecular weight is 261 g/mol. The van der Waals surface area contributed by atoms with Gasteiger partial charge >= 0.3 is 12.1 Å². The second kappa shape index (κ2) is 6.04. The number of ether oxygens (including phenoxy) is 1. The zero-order valence-corrected chi connectivity index (χ0v) is 11.8. The zero-order valence-electron chi connectivity index (χ0n) is 11.8. The highest BCUT2D eigenvalue weighted by Gasteiger charge is 2.36. The van der Waals surface area contributed by atoms with E-state index in [4.69, 9.17) is 9.84 Å². The van der Waals surface area contributed by atoms with E-state index in [2.05, 4.69) is 0 Å². The quantitative estimate of drug-likeness (QED) is 0.797. The second-order valence-corrected chi connectivity index (χ2v) is 5.61. The van der Waals surface area contributed by atoms with Crippen LogP contribution in [0.4, 0.5) is 4.79 Å². The SMILES string of the molecule is CC(C)[C@@H](O)[C@@H](C(=O)O)N(C)C(=O)OC(C)(C)C. The van der Waals surface area contributed by atoms with Gasteiger partial charge in [-0.05, 0) is 26.7 Å². The molecule has 18 heavy (non-hydrogen) atoms. The molecule has 0 spiro atoms. The van der Waals surface area contributed by atoms with Crippen LogP contribution in [0.15, 0.2) is 0 Å². The van der Waals surface area contributed by atoms with Gasteiger partial charge < -0.3 is 14.9 Å². The van der Waals surface area contributed by atoms with Gasteiger partial charge in [0.25, 0.3) is 0 Å². The highest BCUT2D eigenvalue weighted by Crippen LogP contribution is 2.16. The third kappa shape index (κ3) is 4.91. The van der Waals surface area contributed by atoms with E-state index in [1.807, 2.05) is 0 Å². The van der Waals surface area contributed by atoms with E-state index >= 15 is 0 Å². The summed E-state index contributed by atoms with van der Waals surface area (Å²) >= 11 is 0. The molecule has 0 aromatic rings. The van der Waals surface area contributed by atoms with Gasteiger partial charge in [-0.2, -0.15) is 0 Å².